The molecule has 1 N–H and O–H groups in total. The van der Waals surface area contributed by atoms with E-state index in [1.54, 1.807) is 32.0 Å². The summed E-state index contributed by atoms with van der Waals surface area (Å²) in [5.41, 5.74) is 1.56. The van der Waals surface area contributed by atoms with E-state index in [9.17, 15) is 4.39 Å². The van der Waals surface area contributed by atoms with Gasteiger partial charge in [-0.15, -0.1) is 0 Å². The van der Waals surface area contributed by atoms with Crippen LogP contribution in [0.5, 0.6) is 0 Å². The summed E-state index contributed by atoms with van der Waals surface area (Å²) in [7, 11) is 3.59. The SMILES string of the molecule is Cc1cc(F)ccc1C(=N)N(C)C. The monoisotopic (exact) mass is 180 g/mol. The molecular formula is C10H13FN2. The van der Waals surface area contributed by atoms with Gasteiger partial charge in [-0.1, -0.05) is 0 Å². The smallest absolute Gasteiger partial charge is 0.127 e. The largest absolute Gasteiger partial charge is 0.363 e. The van der Waals surface area contributed by atoms with Gasteiger partial charge in [0.05, 0.1) is 0 Å². The molecule has 0 aromatic heterocycles. The zero-order valence-corrected chi connectivity index (χ0v) is 8.06. The molecule has 13 heavy (non-hydrogen) atoms. The molecule has 2 nitrogen and oxygen atoms in total. The van der Waals surface area contributed by atoms with E-state index >= 15 is 0 Å². The standard InChI is InChI=1S/C10H13FN2/c1-7-6-8(11)4-5-9(7)10(12)13(2)3/h4-6,12H,1-3H3. The van der Waals surface area contributed by atoms with Gasteiger partial charge in [0.2, 0.25) is 0 Å². The summed E-state index contributed by atoms with van der Waals surface area (Å²) in [6.45, 7) is 1.80. The van der Waals surface area contributed by atoms with Gasteiger partial charge in [0, 0.05) is 19.7 Å². The first-order valence-electron chi connectivity index (χ1n) is 4.05. The van der Waals surface area contributed by atoms with Crippen molar-refractivity contribution in [1.82, 2.24) is 4.90 Å². The Morgan fingerprint density at radius 1 is 1.38 bits per heavy atom. The Balaban J connectivity index is 3.09. The fourth-order valence-electron chi connectivity index (χ4n) is 1.13. The Morgan fingerprint density at radius 2 is 2.00 bits per heavy atom. The molecule has 0 saturated carbocycles. The molecule has 0 atom stereocenters. The second-order valence-corrected chi connectivity index (χ2v) is 3.20. The third-order valence-electron chi connectivity index (χ3n) is 1.89. The van der Waals surface area contributed by atoms with Crippen LogP contribution in [-0.4, -0.2) is 24.8 Å². The number of benzene rings is 1. The lowest BCUT2D eigenvalue weighted by Crippen LogP contribution is -2.22. The van der Waals surface area contributed by atoms with E-state index < -0.39 is 0 Å². The molecule has 0 radical (unpaired) electrons. The number of nitrogens with one attached hydrogen (secondary N) is 1. The van der Waals surface area contributed by atoms with E-state index in [2.05, 4.69) is 0 Å². The summed E-state index contributed by atoms with van der Waals surface area (Å²) < 4.78 is 12.7. The highest BCUT2D eigenvalue weighted by atomic mass is 19.1. The molecule has 0 aliphatic rings. The van der Waals surface area contributed by atoms with E-state index in [4.69, 9.17) is 5.41 Å². The summed E-state index contributed by atoms with van der Waals surface area (Å²) in [6, 6.07) is 4.45. The van der Waals surface area contributed by atoms with Gasteiger partial charge in [-0.2, -0.15) is 0 Å². The van der Waals surface area contributed by atoms with E-state index in [0.29, 0.717) is 5.84 Å². The molecule has 0 spiro atoms. The van der Waals surface area contributed by atoms with Crippen LogP contribution in [0, 0.1) is 18.2 Å². The van der Waals surface area contributed by atoms with Gasteiger partial charge in [0.1, 0.15) is 11.7 Å². The summed E-state index contributed by atoms with van der Waals surface area (Å²) in [6.07, 6.45) is 0. The highest BCUT2D eigenvalue weighted by Gasteiger charge is 2.06. The lowest BCUT2D eigenvalue weighted by molar-refractivity contribution is 0.614. The first kappa shape index (κ1) is 9.71. The third-order valence-corrected chi connectivity index (χ3v) is 1.89. The molecule has 3 heteroatoms. The normalized spacial score (nSPS) is 9.85. The van der Waals surface area contributed by atoms with Gasteiger partial charge < -0.3 is 4.90 Å². The predicted octanol–water partition coefficient (Wildman–Crippen LogP) is 2.02. The van der Waals surface area contributed by atoms with Gasteiger partial charge in [0.25, 0.3) is 0 Å². The minimum atomic E-state index is -0.257. The van der Waals surface area contributed by atoms with Crippen molar-refractivity contribution < 1.29 is 4.39 Å². The van der Waals surface area contributed by atoms with Gasteiger partial charge in [-0.3, -0.25) is 5.41 Å². The fourth-order valence-corrected chi connectivity index (χ4v) is 1.13. The van der Waals surface area contributed by atoms with Crippen molar-refractivity contribution in [3.8, 4) is 0 Å². The van der Waals surface area contributed by atoms with Crippen LogP contribution in [0.3, 0.4) is 0 Å². The average Bonchev–Trinajstić information content (AvgIpc) is 2.03. The van der Waals surface area contributed by atoms with Gasteiger partial charge >= 0.3 is 0 Å². The third kappa shape index (κ3) is 2.05. The molecule has 70 valence electrons. The van der Waals surface area contributed by atoms with E-state index in [1.165, 1.54) is 12.1 Å². The molecule has 0 aliphatic carbocycles. The summed E-state index contributed by atoms with van der Waals surface area (Å²) >= 11 is 0. The second-order valence-electron chi connectivity index (χ2n) is 3.20. The van der Waals surface area contributed by atoms with Crippen molar-refractivity contribution in [2.24, 2.45) is 0 Å². The van der Waals surface area contributed by atoms with Crippen LogP contribution in [0.25, 0.3) is 0 Å². The molecule has 0 unspecified atom stereocenters. The maximum Gasteiger partial charge on any atom is 0.127 e. The maximum absolute atomic E-state index is 12.7. The molecular weight excluding hydrogens is 167 g/mol. The van der Waals surface area contributed by atoms with Crippen LogP contribution in [-0.2, 0) is 0 Å². The first-order valence-corrected chi connectivity index (χ1v) is 4.05. The number of hydrogen-bond acceptors (Lipinski definition) is 1. The molecule has 0 amide bonds. The van der Waals surface area contributed by atoms with Crippen LogP contribution in [0.4, 0.5) is 4.39 Å². The quantitative estimate of drug-likeness (QED) is 0.519. The van der Waals surface area contributed by atoms with Crippen molar-refractivity contribution in [1.29, 1.82) is 5.41 Å². The fraction of sp³-hybridized carbons (Fsp3) is 0.300. The molecule has 1 rings (SSSR count). The zero-order valence-electron chi connectivity index (χ0n) is 8.06. The highest BCUT2D eigenvalue weighted by molar-refractivity contribution is 5.97. The van der Waals surface area contributed by atoms with E-state index in [-0.39, 0.29) is 5.82 Å². The van der Waals surface area contributed by atoms with Crippen LogP contribution in [0.1, 0.15) is 11.1 Å². The number of amidine groups is 1. The van der Waals surface area contributed by atoms with Crippen molar-refractivity contribution >= 4 is 5.84 Å². The summed E-state index contributed by atoms with van der Waals surface area (Å²) in [5.74, 6) is 0.144. The summed E-state index contributed by atoms with van der Waals surface area (Å²) in [5, 5.41) is 7.70. The number of rotatable bonds is 1. The van der Waals surface area contributed by atoms with Gasteiger partial charge in [0.15, 0.2) is 0 Å². The van der Waals surface area contributed by atoms with E-state index in [1.807, 2.05) is 0 Å². The van der Waals surface area contributed by atoms with Crippen molar-refractivity contribution in [3.05, 3.63) is 35.1 Å². The van der Waals surface area contributed by atoms with E-state index in [0.717, 1.165) is 11.1 Å². The first-order chi connectivity index (χ1) is 6.02. The minimum absolute atomic E-state index is 0.257. The van der Waals surface area contributed by atoms with Crippen LogP contribution in [0.2, 0.25) is 0 Å². The Bertz CT molecular complexity index is 332. The predicted molar refractivity (Wildman–Crippen MR) is 51.7 cm³/mol. The molecule has 1 aromatic carbocycles. The Kier molecular flexibility index (Phi) is 2.66. The Labute approximate surface area is 77.5 Å². The van der Waals surface area contributed by atoms with Crippen molar-refractivity contribution in [2.75, 3.05) is 14.1 Å². The lowest BCUT2D eigenvalue weighted by atomic mass is 10.1. The van der Waals surface area contributed by atoms with Gasteiger partial charge in [-0.05, 0) is 30.7 Å². The second kappa shape index (κ2) is 3.56. The molecule has 0 bridgehead atoms. The number of hydrogen-bond donors (Lipinski definition) is 1. The number of nitrogens with zero attached hydrogens (tertiary/aromatic N) is 1. The minimum Gasteiger partial charge on any atom is -0.363 e. The molecule has 1 aromatic rings. The van der Waals surface area contributed by atoms with Crippen LogP contribution >= 0.6 is 0 Å². The Hall–Kier alpha value is -1.38. The maximum atomic E-state index is 12.7. The van der Waals surface area contributed by atoms with Crippen molar-refractivity contribution in [2.45, 2.75) is 6.92 Å². The summed E-state index contributed by atoms with van der Waals surface area (Å²) in [4.78, 5) is 1.69. The van der Waals surface area contributed by atoms with Crippen molar-refractivity contribution in [3.63, 3.8) is 0 Å². The highest BCUT2D eigenvalue weighted by Crippen LogP contribution is 2.11. The zero-order chi connectivity index (χ0) is 10.0. The molecule has 0 saturated heterocycles. The molecule has 0 aliphatic heterocycles. The molecule has 0 fully saturated rings. The lowest BCUT2D eigenvalue weighted by Gasteiger charge is -2.15. The topological polar surface area (TPSA) is 27.1 Å². The number of halogens is 1. The average molecular weight is 180 g/mol. The van der Waals surface area contributed by atoms with Crippen LogP contribution < -0.4 is 0 Å². The Morgan fingerprint density at radius 3 is 2.46 bits per heavy atom. The van der Waals surface area contributed by atoms with Crippen LogP contribution in [0.15, 0.2) is 18.2 Å². The van der Waals surface area contributed by atoms with Gasteiger partial charge in [-0.25, -0.2) is 4.39 Å². The number of aryl methyl sites for hydroxylation is 1. The molecule has 0 heterocycles.